The minimum Gasteiger partial charge on any atom is -0.330 e. The van der Waals surface area contributed by atoms with Crippen molar-refractivity contribution in [1.82, 2.24) is 14.3 Å². The highest BCUT2D eigenvalue weighted by molar-refractivity contribution is 7.90. The smallest absolute Gasteiger partial charge is 0.285 e. The largest absolute Gasteiger partial charge is 0.330 e. The van der Waals surface area contributed by atoms with Gasteiger partial charge in [-0.1, -0.05) is 41.9 Å². The highest BCUT2D eigenvalue weighted by Crippen LogP contribution is 2.27. The molecule has 0 unspecified atom stereocenters. The summed E-state index contributed by atoms with van der Waals surface area (Å²) in [7, 11) is -3.97. The number of aromatic nitrogens is 2. The zero-order valence-electron chi connectivity index (χ0n) is 13.9. The number of nitrogens with one attached hydrogen (secondary N) is 1. The van der Waals surface area contributed by atoms with Crippen LogP contribution in [0.3, 0.4) is 0 Å². The fourth-order valence-electron chi connectivity index (χ4n) is 2.46. The SMILES string of the molecule is CCn1cc(C(=O)NS(=O)(=O)c2ccccc2)nc1-c1ccccc1Cl. The predicted molar refractivity (Wildman–Crippen MR) is 99.4 cm³/mol. The van der Waals surface area contributed by atoms with E-state index in [1.165, 1.54) is 18.3 Å². The molecule has 1 N–H and O–H groups in total. The normalized spacial score (nSPS) is 11.3. The third kappa shape index (κ3) is 3.63. The molecular weight excluding hydrogens is 374 g/mol. The minimum atomic E-state index is -3.97. The number of nitrogens with zero attached hydrogens (tertiary/aromatic N) is 2. The second-order valence-corrected chi connectivity index (χ2v) is 7.55. The van der Waals surface area contributed by atoms with Gasteiger partial charge in [-0.25, -0.2) is 18.1 Å². The van der Waals surface area contributed by atoms with Gasteiger partial charge in [0.2, 0.25) is 0 Å². The van der Waals surface area contributed by atoms with Crippen molar-refractivity contribution in [2.45, 2.75) is 18.4 Å². The summed E-state index contributed by atoms with van der Waals surface area (Å²) in [6.07, 6.45) is 1.51. The standard InChI is InChI=1S/C18H16ClN3O3S/c1-2-22-12-16(20-17(22)14-10-6-7-11-15(14)19)18(23)21-26(24,25)13-8-4-3-5-9-13/h3-12H,2H2,1H3,(H,21,23). The molecule has 0 radical (unpaired) electrons. The molecule has 0 saturated carbocycles. The van der Waals surface area contributed by atoms with Crippen molar-refractivity contribution in [3.8, 4) is 11.4 Å². The van der Waals surface area contributed by atoms with Crippen LogP contribution in [0.25, 0.3) is 11.4 Å². The van der Waals surface area contributed by atoms with Gasteiger partial charge in [-0.05, 0) is 31.2 Å². The number of hydrogen-bond acceptors (Lipinski definition) is 4. The van der Waals surface area contributed by atoms with Crippen molar-refractivity contribution in [3.05, 3.63) is 71.5 Å². The van der Waals surface area contributed by atoms with Crippen LogP contribution in [0.5, 0.6) is 0 Å². The van der Waals surface area contributed by atoms with Crippen LogP contribution >= 0.6 is 11.6 Å². The van der Waals surface area contributed by atoms with Gasteiger partial charge in [0.25, 0.3) is 15.9 Å². The Morgan fingerprint density at radius 1 is 1.12 bits per heavy atom. The van der Waals surface area contributed by atoms with Crippen LogP contribution in [0.15, 0.2) is 65.7 Å². The van der Waals surface area contributed by atoms with E-state index in [9.17, 15) is 13.2 Å². The number of aryl methyl sites for hydroxylation is 1. The van der Waals surface area contributed by atoms with Crippen molar-refractivity contribution < 1.29 is 13.2 Å². The van der Waals surface area contributed by atoms with E-state index in [1.807, 2.05) is 17.7 Å². The molecule has 1 amide bonds. The highest BCUT2D eigenvalue weighted by atomic mass is 35.5. The Labute approximate surface area is 156 Å². The summed E-state index contributed by atoms with van der Waals surface area (Å²) in [5, 5.41) is 0.497. The first-order chi connectivity index (χ1) is 12.4. The lowest BCUT2D eigenvalue weighted by molar-refractivity contribution is 0.0977. The van der Waals surface area contributed by atoms with Gasteiger partial charge in [-0.3, -0.25) is 4.79 Å². The fraction of sp³-hybridized carbons (Fsp3) is 0.111. The van der Waals surface area contributed by atoms with Crippen LogP contribution in [0.4, 0.5) is 0 Å². The monoisotopic (exact) mass is 389 g/mol. The van der Waals surface area contributed by atoms with E-state index in [4.69, 9.17) is 11.6 Å². The summed E-state index contributed by atoms with van der Waals surface area (Å²) < 4.78 is 28.4. The van der Waals surface area contributed by atoms with Crippen LogP contribution in [0.1, 0.15) is 17.4 Å². The van der Waals surface area contributed by atoms with E-state index in [2.05, 4.69) is 4.98 Å². The molecule has 26 heavy (non-hydrogen) atoms. The zero-order chi connectivity index (χ0) is 18.7. The molecule has 0 fully saturated rings. The second kappa shape index (κ2) is 7.31. The fourth-order valence-corrected chi connectivity index (χ4v) is 3.66. The molecule has 0 aliphatic rings. The van der Waals surface area contributed by atoms with Crippen LogP contribution in [0, 0.1) is 0 Å². The van der Waals surface area contributed by atoms with E-state index < -0.39 is 15.9 Å². The van der Waals surface area contributed by atoms with Crippen molar-refractivity contribution in [2.24, 2.45) is 0 Å². The maximum atomic E-state index is 12.4. The van der Waals surface area contributed by atoms with Gasteiger partial charge < -0.3 is 4.57 Å². The Balaban J connectivity index is 1.93. The molecule has 0 spiro atoms. The molecule has 0 bridgehead atoms. The van der Waals surface area contributed by atoms with E-state index in [-0.39, 0.29) is 10.6 Å². The molecule has 1 aromatic heterocycles. The topological polar surface area (TPSA) is 81.1 Å². The molecule has 3 rings (SSSR count). The number of amides is 1. The van der Waals surface area contributed by atoms with Gasteiger partial charge in [-0.15, -0.1) is 0 Å². The van der Waals surface area contributed by atoms with Crippen LogP contribution in [-0.2, 0) is 16.6 Å². The molecule has 0 atom stereocenters. The number of carbonyl (C=O) groups is 1. The first-order valence-electron chi connectivity index (χ1n) is 7.86. The van der Waals surface area contributed by atoms with Gasteiger partial charge in [0.1, 0.15) is 11.5 Å². The number of imidazole rings is 1. The van der Waals surface area contributed by atoms with Crippen LogP contribution in [0.2, 0.25) is 5.02 Å². The summed E-state index contributed by atoms with van der Waals surface area (Å²) >= 11 is 6.21. The van der Waals surface area contributed by atoms with Crippen molar-refractivity contribution >= 4 is 27.5 Å². The molecule has 1 heterocycles. The Hall–Kier alpha value is -2.64. The van der Waals surface area contributed by atoms with Gasteiger partial charge in [0.15, 0.2) is 0 Å². The van der Waals surface area contributed by atoms with Crippen LogP contribution in [-0.4, -0.2) is 23.9 Å². The lowest BCUT2D eigenvalue weighted by atomic mass is 10.2. The van der Waals surface area contributed by atoms with Crippen molar-refractivity contribution in [3.63, 3.8) is 0 Å². The summed E-state index contributed by atoms with van der Waals surface area (Å²) in [5.74, 6) is -0.297. The highest BCUT2D eigenvalue weighted by Gasteiger charge is 2.22. The van der Waals surface area contributed by atoms with Crippen molar-refractivity contribution in [2.75, 3.05) is 0 Å². The number of halogens is 1. The zero-order valence-corrected chi connectivity index (χ0v) is 15.5. The van der Waals surface area contributed by atoms with Gasteiger partial charge >= 0.3 is 0 Å². The number of sulfonamides is 1. The summed E-state index contributed by atoms with van der Waals surface area (Å²) in [6.45, 7) is 2.44. The maximum Gasteiger partial charge on any atom is 0.285 e. The Morgan fingerprint density at radius 3 is 2.42 bits per heavy atom. The number of rotatable bonds is 5. The quantitative estimate of drug-likeness (QED) is 0.725. The van der Waals surface area contributed by atoms with Crippen LogP contribution < -0.4 is 4.72 Å². The average molecular weight is 390 g/mol. The number of carbonyl (C=O) groups excluding carboxylic acids is 1. The molecule has 2 aromatic carbocycles. The Morgan fingerprint density at radius 2 is 1.77 bits per heavy atom. The summed E-state index contributed by atoms with van der Waals surface area (Å²) in [6, 6.07) is 14.8. The molecule has 6 nitrogen and oxygen atoms in total. The lowest BCUT2D eigenvalue weighted by Gasteiger charge is -2.05. The van der Waals surface area contributed by atoms with Crippen molar-refractivity contribution in [1.29, 1.82) is 0 Å². The molecule has 0 aliphatic heterocycles. The molecule has 0 aliphatic carbocycles. The van der Waals surface area contributed by atoms with Gasteiger partial charge in [0.05, 0.1) is 9.92 Å². The Bertz CT molecular complexity index is 1050. The number of hydrogen-bond donors (Lipinski definition) is 1. The third-order valence-corrected chi connectivity index (χ3v) is 5.42. The summed E-state index contributed by atoms with van der Waals surface area (Å²) in [4.78, 5) is 16.7. The van der Waals surface area contributed by atoms with E-state index in [0.29, 0.717) is 23.0 Å². The average Bonchev–Trinajstić information content (AvgIpc) is 3.07. The molecule has 3 aromatic rings. The van der Waals surface area contributed by atoms with E-state index >= 15 is 0 Å². The summed E-state index contributed by atoms with van der Waals surface area (Å²) in [5.41, 5.74) is 0.669. The van der Waals surface area contributed by atoms with E-state index in [0.717, 1.165) is 0 Å². The predicted octanol–water partition coefficient (Wildman–Crippen LogP) is 3.34. The molecular formula is C18H16ClN3O3S. The maximum absolute atomic E-state index is 12.4. The molecule has 0 saturated heterocycles. The molecule has 134 valence electrons. The van der Waals surface area contributed by atoms with Gasteiger partial charge in [-0.2, -0.15) is 0 Å². The second-order valence-electron chi connectivity index (χ2n) is 5.46. The van der Waals surface area contributed by atoms with Gasteiger partial charge in [0, 0.05) is 18.3 Å². The van der Waals surface area contributed by atoms with E-state index in [1.54, 1.807) is 41.0 Å². The molecule has 8 heteroatoms. The first kappa shape index (κ1) is 18.2. The first-order valence-corrected chi connectivity index (χ1v) is 9.72. The minimum absolute atomic E-state index is 0.00118. The number of benzene rings is 2. The Kier molecular flexibility index (Phi) is 5.11. The third-order valence-electron chi connectivity index (χ3n) is 3.75. The lowest BCUT2D eigenvalue weighted by Crippen LogP contribution is -2.30.